The largest absolute Gasteiger partial charge is 0.463 e. The molecule has 4 aliphatic rings. The zero-order valence-corrected chi connectivity index (χ0v) is 22.0. The molecule has 0 amide bonds. The Balaban J connectivity index is 1.59. The van der Waals surface area contributed by atoms with Gasteiger partial charge in [-0.3, -0.25) is 4.79 Å². The van der Waals surface area contributed by atoms with Crippen molar-refractivity contribution in [3.63, 3.8) is 0 Å². The topological polar surface area (TPSA) is 66.8 Å². The van der Waals surface area contributed by atoms with Gasteiger partial charge in [-0.05, 0) is 86.0 Å². The predicted octanol–water partition coefficient (Wildman–Crippen LogP) is 6.19. The first kappa shape index (κ1) is 25.2. The van der Waals surface area contributed by atoms with E-state index in [0.717, 1.165) is 57.3 Å². The summed E-state index contributed by atoms with van der Waals surface area (Å²) in [6.45, 7) is 13.1. The van der Waals surface area contributed by atoms with E-state index in [-0.39, 0.29) is 22.9 Å². The van der Waals surface area contributed by atoms with E-state index in [2.05, 4.69) is 34.6 Å². The summed E-state index contributed by atoms with van der Waals surface area (Å²) in [5, 5.41) is 23.8. The first-order chi connectivity index (χ1) is 15.4. The molecule has 2 fully saturated rings. The lowest BCUT2D eigenvalue weighted by Gasteiger charge is -2.58. The van der Waals surface area contributed by atoms with Crippen LogP contribution in [0.15, 0.2) is 11.1 Å². The molecule has 2 saturated carbocycles. The normalized spacial score (nSPS) is 43.7. The van der Waals surface area contributed by atoms with Crippen molar-refractivity contribution in [1.29, 1.82) is 0 Å². The number of esters is 1. The van der Waals surface area contributed by atoms with Crippen LogP contribution in [0.3, 0.4) is 0 Å². The van der Waals surface area contributed by atoms with Crippen LogP contribution in [0, 0.1) is 34.5 Å². The van der Waals surface area contributed by atoms with Crippen molar-refractivity contribution in [2.45, 2.75) is 130 Å². The van der Waals surface area contributed by atoms with Crippen LogP contribution in [-0.2, 0) is 9.53 Å². The molecule has 0 saturated heterocycles. The van der Waals surface area contributed by atoms with Gasteiger partial charge in [-0.1, -0.05) is 59.5 Å². The molecule has 0 radical (unpaired) electrons. The lowest BCUT2D eigenvalue weighted by Crippen LogP contribution is -2.58. The maximum Gasteiger partial charge on any atom is 0.302 e. The highest BCUT2D eigenvalue weighted by Crippen LogP contribution is 2.67. The van der Waals surface area contributed by atoms with Crippen molar-refractivity contribution in [2.24, 2.45) is 34.5 Å². The van der Waals surface area contributed by atoms with Crippen molar-refractivity contribution in [2.75, 3.05) is 0 Å². The molecule has 0 spiro atoms. The SMILES string of the molecule is CC(=O)O[C@H]1CC[C@]2(C)C3=C(CC[C@H]2C1)[C@]1(O)[C@H](O)C[C@H]([C@H](C)CCCC(C)C)[C@@]1(C)CC3. The summed E-state index contributed by atoms with van der Waals surface area (Å²) in [5.41, 5.74) is 1.35. The van der Waals surface area contributed by atoms with E-state index in [1.54, 1.807) is 0 Å². The van der Waals surface area contributed by atoms with Gasteiger partial charge in [0.25, 0.3) is 0 Å². The molecule has 4 nitrogen and oxygen atoms in total. The van der Waals surface area contributed by atoms with Crippen molar-refractivity contribution < 1.29 is 19.7 Å². The van der Waals surface area contributed by atoms with Crippen LogP contribution in [0.4, 0.5) is 0 Å². The minimum Gasteiger partial charge on any atom is -0.463 e. The quantitative estimate of drug-likeness (QED) is 0.366. The van der Waals surface area contributed by atoms with E-state index in [4.69, 9.17) is 4.74 Å². The summed E-state index contributed by atoms with van der Waals surface area (Å²) in [5.74, 6) is 1.93. The van der Waals surface area contributed by atoms with Gasteiger partial charge in [0.05, 0.1) is 6.10 Å². The number of hydrogen-bond acceptors (Lipinski definition) is 4. The maximum absolute atomic E-state index is 12.4. The standard InChI is InChI=1S/C29H48O4/c1-18(2)8-7-9-19(3)25-17-26(31)29(32)24-11-10-21-16-22(33-20(4)30)12-14-27(21,5)23(24)13-15-28(25,29)6/h18-19,21-22,25-26,31-32H,7-17H2,1-6H3/t19-,21+,22+,25-,26-,27+,28-,29+/m1/s1. The van der Waals surface area contributed by atoms with Crippen molar-refractivity contribution in [3.05, 3.63) is 11.1 Å². The molecular formula is C29H48O4. The van der Waals surface area contributed by atoms with E-state index in [9.17, 15) is 15.0 Å². The van der Waals surface area contributed by atoms with Crippen molar-refractivity contribution in [1.82, 2.24) is 0 Å². The first-order valence-corrected chi connectivity index (χ1v) is 13.7. The van der Waals surface area contributed by atoms with Gasteiger partial charge in [0.2, 0.25) is 0 Å². The fourth-order valence-corrected chi connectivity index (χ4v) is 8.76. The van der Waals surface area contributed by atoms with E-state index < -0.39 is 11.7 Å². The van der Waals surface area contributed by atoms with Crippen LogP contribution in [0.5, 0.6) is 0 Å². The first-order valence-electron chi connectivity index (χ1n) is 13.7. The van der Waals surface area contributed by atoms with Gasteiger partial charge in [-0.25, -0.2) is 0 Å². The Bertz CT molecular complexity index is 786. The zero-order valence-electron chi connectivity index (χ0n) is 22.0. The number of carbonyl (C=O) groups is 1. The van der Waals surface area contributed by atoms with Crippen LogP contribution in [0.2, 0.25) is 0 Å². The molecule has 188 valence electrons. The second-order valence-electron chi connectivity index (χ2n) is 13.0. The van der Waals surface area contributed by atoms with E-state index in [1.807, 2.05) is 0 Å². The average Bonchev–Trinajstić information content (AvgIpc) is 2.94. The lowest BCUT2D eigenvalue weighted by atomic mass is 9.49. The summed E-state index contributed by atoms with van der Waals surface area (Å²) in [4.78, 5) is 11.5. The molecule has 0 aromatic carbocycles. The number of allylic oxidation sites excluding steroid dienone is 1. The van der Waals surface area contributed by atoms with Gasteiger partial charge in [0, 0.05) is 12.3 Å². The monoisotopic (exact) mass is 460 g/mol. The third-order valence-electron chi connectivity index (χ3n) is 10.7. The average molecular weight is 461 g/mol. The molecule has 8 atom stereocenters. The number of aliphatic hydroxyl groups is 2. The van der Waals surface area contributed by atoms with Gasteiger partial charge < -0.3 is 14.9 Å². The van der Waals surface area contributed by atoms with E-state index in [0.29, 0.717) is 17.8 Å². The minimum atomic E-state index is -1.09. The highest BCUT2D eigenvalue weighted by Gasteiger charge is 2.67. The molecule has 2 N–H and O–H groups in total. The van der Waals surface area contributed by atoms with Gasteiger partial charge in [-0.2, -0.15) is 0 Å². The van der Waals surface area contributed by atoms with Crippen LogP contribution in [-0.4, -0.2) is 34.0 Å². The fraction of sp³-hybridized carbons (Fsp3) is 0.897. The zero-order chi connectivity index (χ0) is 24.2. The molecule has 0 aromatic rings. The van der Waals surface area contributed by atoms with Crippen LogP contribution in [0.25, 0.3) is 0 Å². The van der Waals surface area contributed by atoms with E-state index >= 15 is 0 Å². The molecular weight excluding hydrogens is 412 g/mol. The molecule has 4 rings (SSSR count). The maximum atomic E-state index is 12.4. The molecule has 0 aromatic heterocycles. The van der Waals surface area contributed by atoms with Crippen LogP contribution in [0.1, 0.15) is 112 Å². The van der Waals surface area contributed by atoms with Crippen molar-refractivity contribution >= 4 is 5.97 Å². The number of rotatable bonds is 6. The predicted molar refractivity (Wildman–Crippen MR) is 132 cm³/mol. The van der Waals surface area contributed by atoms with Crippen LogP contribution < -0.4 is 0 Å². The summed E-state index contributed by atoms with van der Waals surface area (Å²) >= 11 is 0. The number of ether oxygens (including phenoxy) is 1. The Morgan fingerprint density at radius 3 is 2.45 bits per heavy atom. The molecule has 0 heterocycles. The Hall–Kier alpha value is -0.870. The molecule has 4 heteroatoms. The summed E-state index contributed by atoms with van der Waals surface area (Å²) in [7, 11) is 0. The Morgan fingerprint density at radius 1 is 1.06 bits per heavy atom. The van der Waals surface area contributed by atoms with Crippen molar-refractivity contribution in [3.8, 4) is 0 Å². The summed E-state index contributed by atoms with van der Waals surface area (Å²) < 4.78 is 5.59. The Kier molecular flexibility index (Phi) is 6.86. The molecule has 33 heavy (non-hydrogen) atoms. The van der Waals surface area contributed by atoms with Gasteiger partial charge >= 0.3 is 5.97 Å². The third kappa shape index (κ3) is 4.01. The molecule has 0 unspecified atom stereocenters. The van der Waals surface area contributed by atoms with Gasteiger partial charge in [-0.15, -0.1) is 0 Å². The lowest BCUT2D eigenvalue weighted by molar-refractivity contribution is -0.151. The van der Waals surface area contributed by atoms with E-state index in [1.165, 1.54) is 37.3 Å². The molecule has 0 aliphatic heterocycles. The second kappa shape index (κ2) is 8.97. The highest BCUT2D eigenvalue weighted by molar-refractivity contribution is 5.66. The smallest absolute Gasteiger partial charge is 0.302 e. The molecule has 4 aliphatic carbocycles. The van der Waals surface area contributed by atoms with Gasteiger partial charge in [0.15, 0.2) is 0 Å². The highest BCUT2D eigenvalue weighted by atomic mass is 16.5. The van der Waals surface area contributed by atoms with Gasteiger partial charge in [0.1, 0.15) is 11.7 Å². The number of fused-ring (bicyclic) bond motifs is 4. The third-order valence-corrected chi connectivity index (χ3v) is 10.7. The minimum absolute atomic E-state index is 0.0350. The molecule has 0 bridgehead atoms. The Labute approximate surface area is 201 Å². The second-order valence-corrected chi connectivity index (χ2v) is 13.0. The number of hydrogen-bond donors (Lipinski definition) is 2. The fourth-order valence-electron chi connectivity index (χ4n) is 8.76. The number of carbonyl (C=O) groups excluding carboxylic acids is 1. The summed E-state index contributed by atoms with van der Waals surface area (Å²) in [6, 6.07) is 0. The van der Waals surface area contributed by atoms with Crippen LogP contribution >= 0.6 is 0 Å². The summed E-state index contributed by atoms with van der Waals surface area (Å²) in [6.07, 6.45) is 10.5. The Morgan fingerprint density at radius 2 is 1.79 bits per heavy atom. The number of aliphatic hydroxyl groups excluding tert-OH is 1.